The quantitative estimate of drug-likeness (QED) is 0.421. The van der Waals surface area contributed by atoms with Gasteiger partial charge in [-0.05, 0) is 88.0 Å². The number of ketones is 1. The van der Waals surface area contributed by atoms with Crippen molar-refractivity contribution in [2.24, 2.45) is 0 Å². The van der Waals surface area contributed by atoms with E-state index in [1.54, 1.807) is 4.90 Å². The minimum atomic E-state index is -0.599. The van der Waals surface area contributed by atoms with E-state index in [0.717, 1.165) is 43.4 Å². The van der Waals surface area contributed by atoms with Gasteiger partial charge in [-0.2, -0.15) is 0 Å². The third kappa shape index (κ3) is 4.22. The molecule has 0 saturated carbocycles. The van der Waals surface area contributed by atoms with Crippen molar-refractivity contribution in [2.75, 3.05) is 27.2 Å². The monoisotopic (exact) mass is 432 g/mol. The van der Waals surface area contributed by atoms with E-state index in [9.17, 15) is 14.7 Å². The number of hydrogen-bond donors (Lipinski definition) is 1. The molecule has 2 aromatic carbocycles. The summed E-state index contributed by atoms with van der Waals surface area (Å²) in [6, 6.07) is 13.2. The second-order valence-corrected chi connectivity index (χ2v) is 9.20. The van der Waals surface area contributed by atoms with Gasteiger partial charge in [0.15, 0.2) is 0 Å². The molecule has 1 fully saturated rings. The van der Waals surface area contributed by atoms with Crippen LogP contribution in [0.5, 0.6) is 0 Å². The number of fused-ring (bicyclic) bond motifs is 1. The molecule has 168 valence electrons. The lowest BCUT2D eigenvalue weighted by atomic mass is 9.88. The smallest absolute Gasteiger partial charge is 0.295 e. The molecule has 0 bridgehead atoms. The molecule has 2 aromatic rings. The maximum Gasteiger partial charge on any atom is 0.295 e. The van der Waals surface area contributed by atoms with Crippen molar-refractivity contribution < 1.29 is 14.7 Å². The number of nitrogens with zero attached hydrogens (tertiary/aromatic N) is 2. The number of aliphatic hydroxyl groups excluding tert-OH is 1. The van der Waals surface area contributed by atoms with Crippen LogP contribution in [0.25, 0.3) is 5.76 Å². The van der Waals surface area contributed by atoms with E-state index in [1.165, 1.54) is 17.5 Å². The molecule has 1 saturated heterocycles. The van der Waals surface area contributed by atoms with E-state index in [-0.39, 0.29) is 11.3 Å². The van der Waals surface area contributed by atoms with Gasteiger partial charge < -0.3 is 14.9 Å². The van der Waals surface area contributed by atoms with Crippen molar-refractivity contribution in [1.29, 1.82) is 0 Å². The zero-order valence-corrected chi connectivity index (χ0v) is 19.2. The summed E-state index contributed by atoms with van der Waals surface area (Å²) in [4.78, 5) is 30.0. The van der Waals surface area contributed by atoms with Crippen molar-refractivity contribution in [3.63, 3.8) is 0 Å². The molecule has 1 aliphatic carbocycles. The summed E-state index contributed by atoms with van der Waals surface area (Å²) in [6.45, 7) is 3.26. The third-order valence-corrected chi connectivity index (χ3v) is 6.65. The highest BCUT2D eigenvalue weighted by atomic mass is 16.3. The van der Waals surface area contributed by atoms with Crippen molar-refractivity contribution in [3.05, 3.63) is 75.9 Å². The van der Waals surface area contributed by atoms with Crippen LogP contribution < -0.4 is 0 Å². The Bertz CT molecular complexity index is 1070. The molecule has 1 heterocycles. The standard InChI is InChI=1S/C27H32N2O3/c1-18-9-4-7-12-22(18)24-23(26(31)27(32)29(24)16-8-15-28(2)3)25(30)21-14-13-19-10-5-6-11-20(19)17-21/h4,7,9,12-14,17,24,30H,5-6,8,10-11,15-16H2,1-3H3/b25-23+. The van der Waals surface area contributed by atoms with Crippen LogP contribution in [0.1, 0.15) is 53.1 Å². The van der Waals surface area contributed by atoms with E-state index in [0.29, 0.717) is 12.1 Å². The number of carbonyl (C=O) groups excluding carboxylic acids is 2. The number of aliphatic hydroxyl groups is 1. The topological polar surface area (TPSA) is 60.9 Å². The highest BCUT2D eigenvalue weighted by Gasteiger charge is 2.46. The second kappa shape index (κ2) is 9.29. The molecule has 1 aliphatic heterocycles. The third-order valence-electron chi connectivity index (χ3n) is 6.65. The molecule has 32 heavy (non-hydrogen) atoms. The molecule has 5 nitrogen and oxygen atoms in total. The number of rotatable bonds is 6. The molecule has 5 heteroatoms. The lowest BCUT2D eigenvalue weighted by Gasteiger charge is -2.27. The van der Waals surface area contributed by atoms with Gasteiger partial charge in [-0.3, -0.25) is 9.59 Å². The van der Waals surface area contributed by atoms with Gasteiger partial charge >= 0.3 is 0 Å². The Balaban J connectivity index is 1.80. The summed E-state index contributed by atoms with van der Waals surface area (Å²) < 4.78 is 0. The maximum absolute atomic E-state index is 13.2. The number of hydrogen-bond acceptors (Lipinski definition) is 4. The molecular weight excluding hydrogens is 400 g/mol. The van der Waals surface area contributed by atoms with Crippen LogP contribution in [0, 0.1) is 6.92 Å². The molecular formula is C27H32N2O3. The Morgan fingerprint density at radius 1 is 1.06 bits per heavy atom. The van der Waals surface area contributed by atoms with E-state index >= 15 is 0 Å². The van der Waals surface area contributed by atoms with Gasteiger partial charge in [0.25, 0.3) is 11.7 Å². The highest BCUT2D eigenvalue weighted by molar-refractivity contribution is 6.46. The fraction of sp³-hybridized carbons (Fsp3) is 0.407. The number of likely N-dealkylation sites (tertiary alicyclic amines) is 1. The van der Waals surface area contributed by atoms with Crippen molar-refractivity contribution in [2.45, 2.75) is 45.1 Å². The summed E-state index contributed by atoms with van der Waals surface area (Å²) in [5, 5.41) is 11.3. The summed E-state index contributed by atoms with van der Waals surface area (Å²) in [5.41, 5.74) is 5.24. The first kappa shape index (κ1) is 22.3. The van der Waals surface area contributed by atoms with Gasteiger partial charge in [0.05, 0.1) is 11.6 Å². The number of carbonyl (C=O) groups is 2. The van der Waals surface area contributed by atoms with Crippen molar-refractivity contribution in [1.82, 2.24) is 9.80 Å². The predicted molar refractivity (Wildman–Crippen MR) is 126 cm³/mol. The molecule has 0 radical (unpaired) electrons. The minimum Gasteiger partial charge on any atom is -0.507 e. The largest absolute Gasteiger partial charge is 0.507 e. The van der Waals surface area contributed by atoms with Crippen molar-refractivity contribution >= 4 is 17.4 Å². The van der Waals surface area contributed by atoms with Crippen LogP contribution in [0.2, 0.25) is 0 Å². The Kier molecular flexibility index (Phi) is 6.47. The molecule has 4 rings (SSSR count). The van der Waals surface area contributed by atoms with Crippen LogP contribution in [-0.4, -0.2) is 53.8 Å². The van der Waals surface area contributed by atoms with Gasteiger partial charge in [-0.25, -0.2) is 0 Å². The molecule has 0 aromatic heterocycles. The normalized spacial score (nSPS) is 20.1. The van der Waals surface area contributed by atoms with Crippen molar-refractivity contribution in [3.8, 4) is 0 Å². The molecule has 1 N–H and O–H groups in total. The number of benzene rings is 2. The first-order valence-corrected chi connectivity index (χ1v) is 11.5. The van der Waals surface area contributed by atoms with Crippen LogP contribution in [0.3, 0.4) is 0 Å². The lowest BCUT2D eigenvalue weighted by Crippen LogP contribution is -2.32. The average Bonchev–Trinajstić information content (AvgIpc) is 3.03. The zero-order valence-electron chi connectivity index (χ0n) is 19.2. The Morgan fingerprint density at radius 3 is 2.50 bits per heavy atom. The van der Waals surface area contributed by atoms with Crippen LogP contribution in [-0.2, 0) is 22.4 Å². The zero-order chi connectivity index (χ0) is 22.8. The first-order chi connectivity index (χ1) is 15.4. The number of amides is 1. The minimum absolute atomic E-state index is 0.0694. The summed E-state index contributed by atoms with van der Waals surface area (Å²) >= 11 is 0. The SMILES string of the molecule is Cc1ccccc1C1/C(=C(\O)c2ccc3c(c2)CCCC3)C(=O)C(=O)N1CCCN(C)C. The predicted octanol–water partition coefficient (Wildman–Crippen LogP) is 4.25. The fourth-order valence-electron chi connectivity index (χ4n) is 4.92. The van der Waals surface area contributed by atoms with Gasteiger partial charge in [0, 0.05) is 12.1 Å². The van der Waals surface area contributed by atoms with E-state index in [4.69, 9.17) is 0 Å². The van der Waals surface area contributed by atoms with Crippen LogP contribution >= 0.6 is 0 Å². The Labute approximate surface area is 190 Å². The highest BCUT2D eigenvalue weighted by Crippen LogP contribution is 2.41. The Hall–Kier alpha value is -2.92. The molecule has 0 spiro atoms. The second-order valence-electron chi connectivity index (χ2n) is 9.20. The summed E-state index contributed by atoms with van der Waals surface area (Å²) in [5.74, 6) is -1.20. The van der Waals surface area contributed by atoms with Gasteiger partial charge in [0.2, 0.25) is 0 Å². The van der Waals surface area contributed by atoms with Crippen LogP contribution in [0.15, 0.2) is 48.0 Å². The molecule has 1 atom stereocenters. The first-order valence-electron chi connectivity index (χ1n) is 11.5. The lowest BCUT2D eigenvalue weighted by molar-refractivity contribution is -0.139. The average molecular weight is 433 g/mol. The van der Waals surface area contributed by atoms with E-state index in [1.807, 2.05) is 57.4 Å². The Morgan fingerprint density at radius 2 is 1.78 bits per heavy atom. The molecule has 2 aliphatic rings. The summed E-state index contributed by atoms with van der Waals surface area (Å²) in [6.07, 6.45) is 5.11. The van der Waals surface area contributed by atoms with E-state index < -0.39 is 17.7 Å². The molecule has 1 unspecified atom stereocenters. The number of aryl methyl sites for hydroxylation is 3. The van der Waals surface area contributed by atoms with Gasteiger partial charge in [-0.1, -0.05) is 36.4 Å². The summed E-state index contributed by atoms with van der Waals surface area (Å²) in [7, 11) is 3.98. The van der Waals surface area contributed by atoms with E-state index in [2.05, 4.69) is 11.0 Å². The van der Waals surface area contributed by atoms with Gasteiger partial charge in [-0.15, -0.1) is 0 Å². The maximum atomic E-state index is 13.2. The molecule has 1 amide bonds. The number of Topliss-reactive ketones (excluding diaryl/α,β-unsaturated/α-hetero) is 1. The van der Waals surface area contributed by atoms with Gasteiger partial charge in [0.1, 0.15) is 5.76 Å². The fourth-order valence-corrected chi connectivity index (χ4v) is 4.92. The van der Waals surface area contributed by atoms with Crippen LogP contribution in [0.4, 0.5) is 0 Å².